The van der Waals surface area contributed by atoms with Gasteiger partial charge in [-0.1, -0.05) is 35.1 Å². The lowest BCUT2D eigenvalue weighted by Crippen LogP contribution is -2.48. The number of halogens is 1. The van der Waals surface area contributed by atoms with E-state index in [0.29, 0.717) is 0 Å². The van der Waals surface area contributed by atoms with Crippen LogP contribution in [0.5, 0.6) is 0 Å². The van der Waals surface area contributed by atoms with Gasteiger partial charge in [0.2, 0.25) is 10.1 Å². The minimum absolute atomic E-state index is 0.743. The lowest BCUT2D eigenvalue weighted by Gasteiger charge is -2.38. The molecule has 0 bridgehead atoms. The van der Waals surface area contributed by atoms with Crippen LogP contribution in [0.15, 0.2) is 24.3 Å². The van der Waals surface area contributed by atoms with Crippen molar-refractivity contribution in [1.82, 2.24) is 24.4 Å². The van der Waals surface area contributed by atoms with Crippen LogP contribution in [0.2, 0.25) is 5.02 Å². The summed E-state index contributed by atoms with van der Waals surface area (Å²) in [5, 5.41) is 6.73. The molecule has 8 heteroatoms. The second kappa shape index (κ2) is 8.46. The number of aryl methyl sites for hydroxylation is 1. The molecule has 2 aliphatic rings. The number of rotatable bonds is 4. The van der Waals surface area contributed by atoms with E-state index in [1.165, 1.54) is 32.5 Å². The molecule has 5 rings (SSSR count). The summed E-state index contributed by atoms with van der Waals surface area (Å²) in [5.74, 6) is 0.866. The summed E-state index contributed by atoms with van der Waals surface area (Å²) < 4.78 is 1.99. The van der Waals surface area contributed by atoms with Crippen molar-refractivity contribution >= 4 is 33.0 Å². The van der Waals surface area contributed by atoms with Crippen LogP contribution in [0.4, 0.5) is 5.13 Å². The quantitative estimate of drug-likeness (QED) is 0.610. The standard InChI is InChI=1S/C22H29ClN6S/c1-16-20(18-3-5-19(23)6-4-18)24-21-29(16)25-22(30-21)28-13-11-27(12-14-28)15-17-7-9-26(2)10-8-17/h3-6,17H,7-15H2,1-2H3. The second-order valence-electron chi connectivity index (χ2n) is 8.67. The first-order chi connectivity index (χ1) is 14.6. The third kappa shape index (κ3) is 4.08. The zero-order chi connectivity index (χ0) is 20.7. The van der Waals surface area contributed by atoms with Gasteiger partial charge in [0.05, 0.1) is 11.4 Å². The normalized spacial score (nSPS) is 19.8. The third-order valence-electron chi connectivity index (χ3n) is 6.53. The molecule has 0 unspecified atom stereocenters. The van der Waals surface area contributed by atoms with E-state index < -0.39 is 0 Å². The molecule has 0 amide bonds. The molecular weight excluding hydrogens is 416 g/mol. The van der Waals surface area contributed by atoms with Crippen molar-refractivity contribution in [2.75, 3.05) is 57.8 Å². The van der Waals surface area contributed by atoms with Gasteiger partial charge in [-0.15, -0.1) is 5.10 Å². The van der Waals surface area contributed by atoms with Crippen LogP contribution < -0.4 is 4.90 Å². The largest absolute Gasteiger partial charge is 0.344 e. The molecule has 0 aliphatic carbocycles. The van der Waals surface area contributed by atoms with Crippen LogP contribution >= 0.6 is 22.9 Å². The Balaban J connectivity index is 1.23. The highest BCUT2D eigenvalue weighted by molar-refractivity contribution is 7.20. The molecule has 160 valence electrons. The maximum atomic E-state index is 6.03. The number of hydrogen-bond acceptors (Lipinski definition) is 6. The van der Waals surface area contributed by atoms with Gasteiger partial charge in [-0.25, -0.2) is 9.50 Å². The van der Waals surface area contributed by atoms with Gasteiger partial charge in [-0.2, -0.15) is 0 Å². The molecule has 0 radical (unpaired) electrons. The zero-order valence-electron chi connectivity index (χ0n) is 17.7. The predicted molar refractivity (Wildman–Crippen MR) is 125 cm³/mol. The van der Waals surface area contributed by atoms with Crippen molar-refractivity contribution in [3.8, 4) is 11.3 Å². The number of imidazole rings is 1. The number of piperazine rings is 1. The van der Waals surface area contributed by atoms with Gasteiger partial charge >= 0.3 is 0 Å². The maximum absolute atomic E-state index is 6.03. The van der Waals surface area contributed by atoms with E-state index >= 15 is 0 Å². The highest BCUT2D eigenvalue weighted by Gasteiger charge is 2.25. The van der Waals surface area contributed by atoms with Crippen molar-refractivity contribution in [2.24, 2.45) is 5.92 Å². The average molecular weight is 445 g/mol. The summed E-state index contributed by atoms with van der Waals surface area (Å²) in [5.41, 5.74) is 3.15. The number of benzene rings is 1. The number of aromatic nitrogens is 3. The topological polar surface area (TPSA) is 39.9 Å². The minimum Gasteiger partial charge on any atom is -0.344 e. The Labute approximate surface area is 187 Å². The highest BCUT2D eigenvalue weighted by Crippen LogP contribution is 2.31. The maximum Gasteiger partial charge on any atom is 0.214 e. The molecule has 30 heavy (non-hydrogen) atoms. The molecule has 2 fully saturated rings. The molecule has 3 aromatic rings. The van der Waals surface area contributed by atoms with Gasteiger partial charge < -0.3 is 9.80 Å². The lowest BCUT2D eigenvalue weighted by atomic mass is 9.96. The number of anilines is 1. The molecule has 0 saturated carbocycles. The molecule has 6 nitrogen and oxygen atoms in total. The molecule has 0 N–H and O–H groups in total. The average Bonchev–Trinajstić information content (AvgIpc) is 3.31. The molecular formula is C22H29ClN6S. The fourth-order valence-electron chi connectivity index (χ4n) is 4.58. The Hall–Kier alpha value is -1.67. The van der Waals surface area contributed by atoms with Crippen molar-refractivity contribution in [3.63, 3.8) is 0 Å². The number of piperidine rings is 1. The van der Waals surface area contributed by atoms with Gasteiger partial charge in [0.25, 0.3) is 0 Å². The molecule has 1 aromatic carbocycles. The van der Waals surface area contributed by atoms with E-state index in [-0.39, 0.29) is 0 Å². The van der Waals surface area contributed by atoms with Crippen molar-refractivity contribution in [1.29, 1.82) is 0 Å². The Morgan fingerprint density at radius 2 is 1.73 bits per heavy atom. The minimum atomic E-state index is 0.743. The van der Waals surface area contributed by atoms with Gasteiger partial charge in [0.15, 0.2) is 0 Å². The molecule has 2 saturated heterocycles. The van der Waals surface area contributed by atoms with E-state index in [0.717, 1.165) is 64.2 Å². The SMILES string of the molecule is Cc1c(-c2ccc(Cl)cc2)nc2sc(N3CCN(CC4CCN(C)CC4)CC3)nn12. The number of nitrogens with zero attached hydrogens (tertiary/aromatic N) is 6. The van der Waals surface area contributed by atoms with Crippen LogP contribution in [0.1, 0.15) is 18.5 Å². The van der Waals surface area contributed by atoms with E-state index in [4.69, 9.17) is 21.7 Å². The van der Waals surface area contributed by atoms with E-state index in [1.807, 2.05) is 28.8 Å². The van der Waals surface area contributed by atoms with Crippen LogP contribution in [0.25, 0.3) is 16.2 Å². The summed E-state index contributed by atoms with van der Waals surface area (Å²) >= 11 is 7.72. The van der Waals surface area contributed by atoms with E-state index in [2.05, 4.69) is 28.7 Å². The first-order valence-corrected chi connectivity index (χ1v) is 12.0. The predicted octanol–water partition coefficient (Wildman–Crippen LogP) is 3.88. The summed E-state index contributed by atoms with van der Waals surface area (Å²) in [6.07, 6.45) is 2.69. The van der Waals surface area contributed by atoms with Crippen molar-refractivity contribution in [2.45, 2.75) is 19.8 Å². The summed E-state index contributed by atoms with van der Waals surface area (Å²) in [7, 11) is 2.24. The van der Waals surface area contributed by atoms with Crippen molar-refractivity contribution < 1.29 is 0 Å². The van der Waals surface area contributed by atoms with Gasteiger partial charge in [-0.3, -0.25) is 4.90 Å². The van der Waals surface area contributed by atoms with Crippen molar-refractivity contribution in [3.05, 3.63) is 35.0 Å². The first-order valence-electron chi connectivity index (χ1n) is 10.8. The van der Waals surface area contributed by atoms with Crippen LogP contribution in [0, 0.1) is 12.8 Å². The second-order valence-corrected chi connectivity index (χ2v) is 10.0. The Kier molecular flexibility index (Phi) is 5.71. The molecule has 0 spiro atoms. The zero-order valence-corrected chi connectivity index (χ0v) is 19.3. The van der Waals surface area contributed by atoms with Crippen LogP contribution in [-0.4, -0.2) is 77.3 Å². The molecule has 0 atom stereocenters. The number of fused-ring (bicyclic) bond motifs is 1. The number of hydrogen-bond donors (Lipinski definition) is 0. The van der Waals surface area contributed by atoms with Gasteiger partial charge in [0.1, 0.15) is 0 Å². The Morgan fingerprint density at radius 3 is 2.40 bits per heavy atom. The Bertz CT molecular complexity index is 997. The van der Waals surface area contributed by atoms with Gasteiger partial charge in [-0.05, 0) is 58.0 Å². The number of likely N-dealkylation sites (tertiary alicyclic amines) is 1. The molecule has 4 heterocycles. The summed E-state index contributed by atoms with van der Waals surface area (Å²) in [6.45, 7) is 10.2. The van der Waals surface area contributed by atoms with Crippen LogP contribution in [-0.2, 0) is 0 Å². The fraction of sp³-hybridized carbons (Fsp3) is 0.545. The molecule has 2 aromatic heterocycles. The third-order valence-corrected chi connectivity index (χ3v) is 7.75. The monoisotopic (exact) mass is 444 g/mol. The summed E-state index contributed by atoms with van der Waals surface area (Å²) in [4.78, 5) is 13.3. The van der Waals surface area contributed by atoms with E-state index in [9.17, 15) is 0 Å². The fourth-order valence-corrected chi connectivity index (χ4v) is 5.70. The summed E-state index contributed by atoms with van der Waals surface area (Å²) in [6, 6.07) is 7.86. The highest BCUT2D eigenvalue weighted by atomic mass is 35.5. The molecule has 2 aliphatic heterocycles. The first kappa shape index (κ1) is 20.2. The van der Waals surface area contributed by atoms with Gasteiger partial charge in [0, 0.05) is 43.3 Å². The van der Waals surface area contributed by atoms with Crippen LogP contribution in [0.3, 0.4) is 0 Å². The Morgan fingerprint density at radius 1 is 1.03 bits per heavy atom. The smallest absolute Gasteiger partial charge is 0.214 e. The van der Waals surface area contributed by atoms with E-state index in [1.54, 1.807) is 11.3 Å². The lowest BCUT2D eigenvalue weighted by molar-refractivity contribution is 0.155.